The zero-order chi connectivity index (χ0) is 21.1. The number of carbonyl (C=O) groups excluding carboxylic acids is 3. The van der Waals surface area contributed by atoms with E-state index in [9.17, 15) is 14.4 Å². The van der Waals surface area contributed by atoms with Crippen LogP contribution in [-0.2, 0) is 22.4 Å². The fourth-order valence-corrected chi connectivity index (χ4v) is 4.49. The predicted molar refractivity (Wildman–Crippen MR) is 111 cm³/mol. The molecule has 154 valence electrons. The van der Waals surface area contributed by atoms with Crippen molar-refractivity contribution in [2.45, 2.75) is 52.2 Å². The molecular weight excluding hydrogens is 392 g/mol. The van der Waals surface area contributed by atoms with Gasteiger partial charge in [0.05, 0.1) is 17.2 Å². The molecule has 1 aliphatic rings. The summed E-state index contributed by atoms with van der Waals surface area (Å²) >= 11 is 1.36. The number of rotatable bonds is 7. The minimum absolute atomic E-state index is 0.0282. The molecular formula is C21H24N2O5S. The lowest BCUT2D eigenvalue weighted by Gasteiger charge is -2.14. The van der Waals surface area contributed by atoms with Crippen LogP contribution >= 0.6 is 11.3 Å². The number of anilines is 1. The van der Waals surface area contributed by atoms with E-state index in [0.29, 0.717) is 21.9 Å². The predicted octanol–water partition coefficient (Wildman–Crippen LogP) is 3.31. The number of esters is 1. The number of benzene rings is 1. The quantitative estimate of drug-likeness (QED) is 0.673. The Labute approximate surface area is 173 Å². The summed E-state index contributed by atoms with van der Waals surface area (Å²) in [5.41, 5.74) is 7.11. The van der Waals surface area contributed by atoms with E-state index in [1.807, 2.05) is 13.8 Å². The van der Waals surface area contributed by atoms with Crippen molar-refractivity contribution in [3.05, 3.63) is 45.8 Å². The van der Waals surface area contributed by atoms with Gasteiger partial charge in [-0.05, 0) is 69.9 Å². The van der Waals surface area contributed by atoms with E-state index in [-0.39, 0.29) is 6.10 Å². The topological polar surface area (TPSA) is 108 Å². The number of hydrogen-bond acceptors (Lipinski definition) is 6. The molecule has 2 amide bonds. The van der Waals surface area contributed by atoms with Crippen molar-refractivity contribution >= 4 is 34.1 Å². The van der Waals surface area contributed by atoms with Crippen LogP contribution in [0.4, 0.5) is 5.00 Å². The van der Waals surface area contributed by atoms with Gasteiger partial charge >= 0.3 is 5.97 Å². The summed E-state index contributed by atoms with van der Waals surface area (Å²) in [4.78, 5) is 37.7. The van der Waals surface area contributed by atoms with Gasteiger partial charge in [0.15, 0.2) is 6.10 Å². The van der Waals surface area contributed by atoms with Crippen LogP contribution in [0, 0.1) is 0 Å². The average Bonchev–Trinajstić information content (AvgIpc) is 3.21. The van der Waals surface area contributed by atoms with Gasteiger partial charge in [-0.2, -0.15) is 0 Å². The fraction of sp³-hybridized carbons (Fsp3) is 0.381. The van der Waals surface area contributed by atoms with Crippen LogP contribution in [0.1, 0.15) is 58.3 Å². The molecule has 1 aliphatic carbocycles. The lowest BCUT2D eigenvalue weighted by molar-refractivity contribution is -0.123. The zero-order valence-corrected chi connectivity index (χ0v) is 17.4. The van der Waals surface area contributed by atoms with Gasteiger partial charge in [0, 0.05) is 4.88 Å². The van der Waals surface area contributed by atoms with Gasteiger partial charge in [-0.25, -0.2) is 4.79 Å². The molecule has 2 aromatic rings. The van der Waals surface area contributed by atoms with Crippen LogP contribution in [0.5, 0.6) is 5.75 Å². The van der Waals surface area contributed by atoms with Crippen LogP contribution in [0.25, 0.3) is 0 Å². The third kappa shape index (κ3) is 4.76. The first-order valence-corrected chi connectivity index (χ1v) is 10.3. The number of carbonyl (C=O) groups is 3. The Balaban J connectivity index is 1.64. The summed E-state index contributed by atoms with van der Waals surface area (Å²) in [5, 5.41) is 3.11. The number of nitrogens with two attached hydrogens (primary N) is 1. The molecule has 7 nitrogen and oxygen atoms in total. The summed E-state index contributed by atoms with van der Waals surface area (Å²) in [5.74, 6) is -1.05. The molecule has 0 saturated carbocycles. The van der Waals surface area contributed by atoms with Gasteiger partial charge in [-0.15, -0.1) is 11.3 Å². The second kappa shape index (κ2) is 8.65. The Kier molecular flexibility index (Phi) is 6.22. The number of amides is 2. The molecule has 0 unspecified atom stereocenters. The Hall–Kier alpha value is -2.87. The molecule has 0 radical (unpaired) electrons. The third-order valence-electron chi connectivity index (χ3n) is 4.52. The lowest BCUT2D eigenvalue weighted by atomic mass is 10.1. The summed E-state index contributed by atoms with van der Waals surface area (Å²) in [6.45, 7) is 5.30. The van der Waals surface area contributed by atoms with Crippen LogP contribution in [-0.4, -0.2) is 30.0 Å². The molecule has 0 saturated heterocycles. The van der Waals surface area contributed by atoms with Gasteiger partial charge in [0.1, 0.15) is 10.8 Å². The zero-order valence-electron chi connectivity index (χ0n) is 16.6. The van der Waals surface area contributed by atoms with E-state index in [1.54, 1.807) is 24.3 Å². The van der Waals surface area contributed by atoms with Crippen molar-refractivity contribution in [1.29, 1.82) is 0 Å². The van der Waals surface area contributed by atoms with Crippen molar-refractivity contribution in [2.24, 2.45) is 5.73 Å². The average molecular weight is 416 g/mol. The summed E-state index contributed by atoms with van der Waals surface area (Å²) < 4.78 is 10.8. The summed E-state index contributed by atoms with van der Waals surface area (Å²) in [6.07, 6.45) is 1.62. The molecule has 3 rings (SSSR count). The largest absolute Gasteiger partial charge is 0.491 e. The maximum Gasteiger partial charge on any atom is 0.338 e. The highest BCUT2D eigenvalue weighted by Gasteiger charge is 2.28. The first kappa shape index (κ1) is 20.9. The number of thiophene rings is 1. The van der Waals surface area contributed by atoms with E-state index in [4.69, 9.17) is 15.2 Å². The Morgan fingerprint density at radius 1 is 1.10 bits per heavy atom. The highest BCUT2D eigenvalue weighted by molar-refractivity contribution is 7.17. The van der Waals surface area contributed by atoms with E-state index in [0.717, 1.165) is 29.7 Å². The minimum Gasteiger partial charge on any atom is -0.491 e. The second-order valence-corrected chi connectivity index (χ2v) is 8.26. The molecule has 0 aliphatic heterocycles. The number of hydrogen-bond donors (Lipinski definition) is 2. The second-order valence-electron chi connectivity index (χ2n) is 7.15. The Morgan fingerprint density at radius 3 is 2.41 bits per heavy atom. The first-order chi connectivity index (χ1) is 13.8. The number of nitrogens with one attached hydrogen (secondary N) is 1. The van der Waals surface area contributed by atoms with Crippen molar-refractivity contribution in [3.8, 4) is 5.75 Å². The molecule has 0 fully saturated rings. The Bertz CT molecular complexity index is 933. The molecule has 0 bridgehead atoms. The molecule has 1 atom stereocenters. The van der Waals surface area contributed by atoms with Crippen LogP contribution < -0.4 is 15.8 Å². The number of ether oxygens (including phenoxy) is 2. The lowest BCUT2D eigenvalue weighted by Crippen LogP contribution is -2.30. The van der Waals surface area contributed by atoms with Gasteiger partial charge in [-0.3, -0.25) is 9.59 Å². The molecule has 1 heterocycles. The van der Waals surface area contributed by atoms with E-state index in [2.05, 4.69) is 5.32 Å². The highest BCUT2D eigenvalue weighted by Crippen LogP contribution is 2.38. The fourth-order valence-electron chi connectivity index (χ4n) is 3.19. The van der Waals surface area contributed by atoms with Gasteiger partial charge in [0.25, 0.3) is 11.8 Å². The van der Waals surface area contributed by atoms with Crippen molar-refractivity contribution in [2.75, 3.05) is 5.32 Å². The molecule has 0 spiro atoms. The molecule has 29 heavy (non-hydrogen) atoms. The minimum atomic E-state index is -1.04. The van der Waals surface area contributed by atoms with E-state index < -0.39 is 23.9 Å². The molecule has 8 heteroatoms. The van der Waals surface area contributed by atoms with Crippen molar-refractivity contribution in [1.82, 2.24) is 0 Å². The standard InChI is InChI=1S/C21H24N2O5S/c1-11(2)27-14-9-7-13(8-10-14)21(26)28-12(3)19(25)23-20-17(18(22)24)15-5-4-6-16(15)29-20/h7-12H,4-6H2,1-3H3,(H2,22,24)(H,23,25)/t12-/m1/s1. The number of primary amides is 1. The van der Waals surface area contributed by atoms with E-state index >= 15 is 0 Å². The van der Waals surface area contributed by atoms with Crippen molar-refractivity contribution < 1.29 is 23.9 Å². The van der Waals surface area contributed by atoms with Gasteiger partial charge in [0.2, 0.25) is 0 Å². The smallest absolute Gasteiger partial charge is 0.338 e. The molecule has 1 aromatic heterocycles. The van der Waals surface area contributed by atoms with Crippen molar-refractivity contribution in [3.63, 3.8) is 0 Å². The van der Waals surface area contributed by atoms with Gasteiger partial charge in [-0.1, -0.05) is 0 Å². The molecule has 1 aromatic carbocycles. The normalized spacial score (nSPS) is 13.7. The first-order valence-electron chi connectivity index (χ1n) is 9.49. The van der Waals surface area contributed by atoms with Crippen LogP contribution in [0.2, 0.25) is 0 Å². The number of aryl methyl sites for hydroxylation is 1. The highest BCUT2D eigenvalue weighted by atomic mass is 32.1. The third-order valence-corrected chi connectivity index (χ3v) is 5.73. The molecule has 3 N–H and O–H groups in total. The van der Waals surface area contributed by atoms with E-state index in [1.165, 1.54) is 18.3 Å². The summed E-state index contributed by atoms with van der Waals surface area (Å²) in [6, 6.07) is 6.51. The number of fused-ring (bicyclic) bond motifs is 1. The maximum atomic E-state index is 12.5. The SMILES string of the molecule is CC(C)Oc1ccc(C(=O)O[C@H](C)C(=O)Nc2sc3c(c2C(N)=O)CCC3)cc1. The Morgan fingerprint density at radius 2 is 1.79 bits per heavy atom. The maximum absolute atomic E-state index is 12.5. The monoisotopic (exact) mass is 416 g/mol. The van der Waals surface area contributed by atoms with Crippen LogP contribution in [0.3, 0.4) is 0 Å². The van der Waals surface area contributed by atoms with Crippen LogP contribution in [0.15, 0.2) is 24.3 Å². The summed E-state index contributed by atoms with van der Waals surface area (Å²) in [7, 11) is 0. The van der Waals surface area contributed by atoms with Gasteiger partial charge < -0.3 is 20.5 Å².